The molecular weight excluding hydrogens is 318 g/mol. The number of anilines is 1. The minimum atomic E-state index is 0.284. The quantitative estimate of drug-likeness (QED) is 0.798. The molecular formula is C18H27N5O2. The lowest BCUT2D eigenvalue weighted by atomic mass is 9.64. The van der Waals surface area contributed by atoms with Crippen LogP contribution in [0.4, 0.5) is 5.82 Å². The molecule has 0 N–H and O–H groups in total. The summed E-state index contributed by atoms with van der Waals surface area (Å²) < 4.78 is 5.36. The lowest BCUT2D eigenvalue weighted by Crippen LogP contribution is -2.52. The highest BCUT2D eigenvalue weighted by Gasteiger charge is 2.50. The van der Waals surface area contributed by atoms with Crippen molar-refractivity contribution in [3.05, 3.63) is 18.6 Å². The molecule has 1 aromatic heterocycles. The van der Waals surface area contributed by atoms with Crippen LogP contribution in [0.5, 0.6) is 0 Å². The Labute approximate surface area is 149 Å². The van der Waals surface area contributed by atoms with Crippen molar-refractivity contribution < 1.29 is 9.53 Å². The zero-order chi connectivity index (χ0) is 17.3. The average Bonchev–Trinajstić information content (AvgIpc) is 3.07. The Morgan fingerprint density at radius 1 is 1.36 bits per heavy atom. The summed E-state index contributed by atoms with van der Waals surface area (Å²) in [6.07, 6.45) is 6.82. The maximum absolute atomic E-state index is 12.6. The van der Waals surface area contributed by atoms with E-state index in [0.29, 0.717) is 18.0 Å². The third-order valence-electron chi connectivity index (χ3n) is 6.07. The van der Waals surface area contributed by atoms with E-state index in [1.165, 1.54) is 0 Å². The van der Waals surface area contributed by atoms with E-state index < -0.39 is 0 Å². The van der Waals surface area contributed by atoms with Crippen LogP contribution in [-0.2, 0) is 9.53 Å². The predicted molar refractivity (Wildman–Crippen MR) is 94.3 cm³/mol. The second kappa shape index (κ2) is 6.88. The fourth-order valence-corrected chi connectivity index (χ4v) is 4.42. The van der Waals surface area contributed by atoms with Gasteiger partial charge < -0.3 is 14.5 Å². The number of nitrogens with zero attached hydrogens (tertiary/aromatic N) is 5. The SMILES string of the molecule is CN(c1ccncn1)C1CC2(CCN(C(=O)CN3CCOCC3)C2)C1. The highest BCUT2D eigenvalue weighted by Crippen LogP contribution is 2.50. The van der Waals surface area contributed by atoms with Crippen molar-refractivity contribution in [2.75, 3.05) is 57.9 Å². The second-order valence-corrected chi connectivity index (χ2v) is 7.69. The molecule has 0 bridgehead atoms. The number of ether oxygens (including phenoxy) is 1. The predicted octanol–water partition coefficient (Wildman–Crippen LogP) is 0.626. The normalized spacial score (nSPS) is 29.6. The molecule has 1 amide bonds. The molecule has 136 valence electrons. The zero-order valence-corrected chi connectivity index (χ0v) is 14.9. The third-order valence-corrected chi connectivity index (χ3v) is 6.07. The molecule has 2 aliphatic heterocycles. The Balaban J connectivity index is 1.27. The van der Waals surface area contributed by atoms with Crippen molar-refractivity contribution in [1.82, 2.24) is 19.8 Å². The van der Waals surface area contributed by atoms with Crippen molar-refractivity contribution in [3.8, 4) is 0 Å². The number of rotatable bonds is 4. The molecule has 1 saturated carbocycles. The van der Waals surface area contributed by atoms with Gasteiger partial charge in [0.15, 0.2) is 0 Å². The van der Waals surface area contributed by atoms with Gasteiger partial charge >= 0.3 is 0 Å². The first-order valence-electron chi connectivity index (χ1n) is 9.22. The minimum Gasteiger partial charge on any atom is -0.379 e. The van der Waals surface area contributed by atoms with E-state index >= 15 is 0 Å². The number of hydrogen-bond acceptors (Lipinski definition) is 6. The van der Waals surface area contributed by atoms with Crippen molar-refractivity contribution >= 4 is 11.7 Å². The van der Waals surface area contributed by atoms with E-state index in [1.807, 2.05) is 6.07 Å². The monoisotopic (exact) mass is 345 g/mol. The first kappa shape index (κ1) is 16.7. The first-order valence-corrected chi connectivity index (χ1v) is 9.22. The van der Waals surface area contributed by atoms with E-state index in [2.05, 4.69) is 31.7 Å². The van der Waals surface area contributed by atoms with Gasteiger partial charge in [-0.3, -0.25) is 9.69 Å². The largest absolute Gasteiger partial charge is 0.379 e. The number of aromatic nitrogens is 2. The van der Waals surface area contributed by atoms with E-state index in [-0.39, 0.29) is 5.91 Å². The number of hydrogen-bond donors (Lipinski definition) is 0. The first-order chi connectivity index (χ1) is 12.2. The van der Waals surface area contributed by atoms with Crippen LogP contribution in [0, 0.1) is 5.41 Å². The molecule has 2 saturated heterocycles. The molecule has 1 aromatic rings. The van der Waals surface area contributed by atoms with Crippen LogP contribution in [0.25, 0.3) is 0 Å². The topological polar surface area (TPSA) is 61.8 Å². The van der Waals surface area contributed by atoms with Gasteiger partial charge in [-0.15, -0.1) is 0 Å². The standard InChI is InChI=1S/C18H27N5O2/c1-21(16-2-4-19-14-20-16)15-10-18(11-15)3-5-23(13-18)17(24)12-22-6-8-25-9-7-22/h2,4,14-15H,3,5-13H2,1H3. The van der Waals surface area contributed by atoms with Gasteiger partial charge in [-0.05, 0) is 30.7 Å². The van der Waals surface area contributed by atoms with Crippen LogP contribution in [0.15, 0.2) is 18.6 Å². The molecule has 25 heavy (non-hydrogen) atoms. The minimum absolute atomic E-state index is 0.284. The summed E-state index contributed by atoms with van der Waals surface area (Å²) in [5.74, 6) is 1.26. The van der Waals surface area contributed by atoms with Gasteiger partial charge in [-0.1, -0.05) is 0 Å². The van der Waals surface area contributed by atoms with Crippen LogP contribution in [0.3, 0.4) is 0 Å². The fourth-order valence-electron chi connectivity index (χ4n) is 4.42. The summed E-state index contributed by atoms with van der Waals surface area (Å²) in [6.45, 7) is 5.61. The molecule has 0 unspecified atom stereocenters. The van der Waals surface area contributed by atoms with Crippen LogP contribution in [0.2, 0.25) is 0 Å². The van der Waals surface area contributed by atoms with Gasteiger partial charge in [-0.25, -0.2) is 9.97 Å². The van der Waals surface area contributed by atoms with Crippen molar-refractivity contribution in [2.24, 2.45) is 5.41 Å². The number of amides is 1. The van der Waals surface area contributed by atoms with E-state index in [1.54, 1.807) is 12.5 Å². The Hall–Kier alpha value is -1.73. The van der Waals surface area contributed by atoms with Gasteiger partial charge in [0.25, 0.3) is 0 Å². The van der Waals surface area contributed by atoms with Crippen molar-refractivity contribution in [2.45, 2.75) is 25.3 Å². The zero-order valence-electron chi connectivity index (χ0n) is 14.9. The number of carbonyl (C=O) groups is 1. The van der Waals surface area contributed by atoms with Gasteiger partial charge in [0.1, 0.15) is 12.1 Å². The van der Waals surface area contributed by atoms with Crippen LogP contribution >= 0.6 is 0 Å². The Kier molecular flexibility index (Phi) is 4.60. The Morgan fingerprint density at radius 2 is 2.16 bits per heavy atom. The lowest BCUT2D eigenvalue weighted by molar-refractivity contribution is -0.133. The molecule has 0 aromatic carbocycles. The summed E-state index contributed by atoms with van der Waals surface area (Å²) in [5.41, 5.74) is 0.326. The maximum Gasteiger partial charge on any atom is 0.236 e. The summed E-state index contributed by atoms with van der Waals surface area (Å²) in [5, 5.41) is 0. The highest BCUT2D eigenvalue weighted by atomic mass is 16.5. The Bertz CT molecular complexity index is 599. The summed E-state index contributed by atoms with van der Waals surface area (Å²) >= 11 is 0. The fraction of sp³-hybridized carbons (Fsp3) is 0.722. The second-order valence-electron chi connectivity index (χ2n) is 7.69. The van der Waals surface area contributed by atoms with Crippen LogP contribution < -0.4 is 4.90 Å². The van der Waals surface area contributed by atoms with Crippen LogP contribution in [0.1, 0.15) is 19.3 Å². The molecule has 3 fully saturated rings. The Morgan fingerprint density at radius 3 is 2.88 bits per heavy atom. The van der Waals surface area contributed by atoms with Gasteiger partial charge in [0.05, 0.1) is 19.8 Å². The molecule has 3 heterocycles. The van der Waals surface area contributed by atoms with E-state index in [4.69, 9.17) is 4.74 Å². The number of morpholine rings is 1. The van der Waals surface area contributed by atoms with Crippen molar-refractivity contribution in [1.29, 1.82) is 0 Å². The molecule has 7 nitrogen and oxygen atoms in total. The number of likely N-dealkylation sites (tertiary alicyclic amines) is 1. The molecule has 0 atom stereocenters. The molecule has 7 heteroatoms. The molecule has 4 rings (SSSR count). The molecule has 1 spiro atoms. The molecule has 1 aliphatic carbocycles. The van der Waals surface area contributed by atoms with Gasteiger partial charge in [0.2, 0.25) is 5.91 Å². The lowest BCUT2D eigenvalue weighted by Gasteiger charge is -2.49. The number of carbonyl (C=O) groups excluding carboxylic acids is 1. The summed E-state index contributed by atoms with van der Waals surface area (Å²) in [4.78, 5) is 27.5. The van der Waals surface area contributed by atoms with Crippen molar-refractivity contribution in [3.63, 3.8) is 0 Å². The van der Waals surface area contributed by atoms with Gasteiger partial charge in [0, 0.05) is 45.5 Å². The van der Waals surface area contributed by atoms with E-state index in [9.17, 15) is 4.79 Å². The smallest absolute Gasteiger partial charge is 0.236 e. The summed E-state index contributed by atoms with van der Waals surface area (Å²) in [7, 11) is 2.11. The molecule has 3 aliphatic rings. The summed E-state index contributed by atoms with van der Waals surface area (Å²) in [6, 6.07) is 2.47. The maximum atomic E-state index is 12.6. The van der Waals surface area contributed by atoms with Gasteiger partial charge in [-0.2, -0.15) is 0 Å². The molecule has 0 radical (unpaired) electrons. The van der Waals surface area contributed by atoms with Crippen LogP contribution in [-0.4, -0.2) is 84.7 Å². The third kappa shape index (κ3) is 3.48. The van der Waals surface area contributed by atoms with E-state index in [0.717, 1.165) is 64.5 Å². The average molecular weight is 345 g/mol. The highest BCUT2D eigenvalue weighted by molar-refractivity contribution is 5.78.